The van der Waals surface area contributed by atoms with Crippen LogP contribution in [0.1, 0.15) is 13.8 Å². The summed E-state index contributed by atoms with van der Waals surface area (Å²) in [7, 11) is 1.91. The molecule has 0 aliphatic carbocycles. The molecule has 0 radical (unpaired) electrons. The first-order valence-corrected chi connectivity index (χ1v) is 11.8. The molecule has 2 N–H and O–H groups in total. The summed E-state index contributed by atoms with van der Waals surface area (Å²) < 4.78 is 27.8. The highest BCUT2D eigenvalue weighted by atomic mass is 32.2. The van der Waals surface area contributed by atoms with Crippen LogP contribution in [-0.2, 0) is 21.4 Å². The molecule has 0 aromatic carbocycles. The van der Waals surface area contributed by atoms with Gasteiger partial charge in [-0.3, -0.25) is 9.59 Å². The Morgan fingerprint density at radius 1 is 1.33 bits per heavy atom. The summed E-state index contributed by atoms with van der Waals surface area (Å²) in [6.07, 6.45) is 0.608. The van der Waals surface area contributed by atoms with Gasteiger partial charge in [0, 0.05) is 39.9 Å². The topological polar surface area (TPSA) is 103 Å². The predicted octanol–water partition coefficient (Wildman–Crippen LogP) is 2.27. The first-order chi connectivity index (χ1) is 15.6. The number of thiazole rings is 1. The fourth-order valence-electron chi connectivity index (χ4n) is 4.25. The molecule has 2 aliphatic heterocycles. The Morgan fingerprint density at radius 3 is 2.61 bits per heavy atom. The number of halogens is 2. The number of nitrogens with zero attached hydrogens (tertiary/aromatic N) is 3. The van der Waals surface area contributed by atoms with Gasteiger partial charge in [0.05, 0.1) is 17.7 Å². The molecule has 0 spiro atoms. The van der Waals surface area contributed by atoms with Gasteiger partial charge >= 0.3 is 12.4 Å². The molecule has 0 saturated carbocycles. The van der Waals surface area contributed by atoms with E-state index in [2.05, 4.69) is 10.3 Å². The number of hydrogen-bond donors (Lipinski definition) is 2. The fourth-order valence-corrected chi connectivity index (χ4v) is 6.35. The number of amides is 2. The number of pyridine rings is 1. The second-order valence-electron chi connectivity index (χ2n) is 7.98. The minimum Gasteiger partial charge on any atom is -0.477 e. The number of carboxylic acids is 1. The van der Waals surface area contributed by atoms with Crippen LogP contribution in [0, 0.1) is 11.8 Å². The summed E-state index contributed by atoms with van der Waals surface area (Å²) in [4.78, 5) is 42.5. The normalized spacial score (nSPS) is 22.9. The summed E-state index contributed by atoms with van der Waals surface area (Å²) >= 11 is 2.56. The SMILES string of the molecule is CC(NC(=O)C(F)F)[C@H]1C(=O)N2C(C(=O)O)=C(Sc3nc(-c4cc[n+](C)cc4)cs3)[C@H](C)[C@H]12. The fraction of sp³-hybridized carbons (Fsp3) is 0.381. The zero-order valence-electron chi connectivity index (χ0n) is 17.9. The lowest BCUT2D eigenvalue weighted by Crippen LogP contribution is -2.66. The Hall–Kier alpha value is -2.86. The van der Waals surface area contributed by atoms with Crippen molar-refractivity contribution in [1.29, 1.82) is 0 Å². The summed E-state index contributed by atoms with van der Waals surface area (Å²) in [5.74, 6) is -4.34. The van der Waals surface area contributed by atoms with Gasteiger partial charge in [0.15, 0.2) is 16.7 Å². The summed E-state index contributed by atoms with van der Waals surface area (Å²) in [5, 5.41) is 13.9. The molecule has 4 rings (SSSR count). The summed E-state index contributed by atoms with van der Waals surface area (Å²) in [6.45, 7) is 3.27. The first-order valence-electron chi connectivity index (χ1n) is 10.1. The molecule has 174 valence electrons. The monoisotopic (exact) mass is 495 g/mol. The van der Waals surface area contributed by atoms with Gasteiger partial charge in [-0.15, -0.1) is 11.3 Å². The second kappa shape index (κ2) is 8.82. The van der Waals surface area contributed by atoms with Crippen molar-refractivity contribution in [2.45, 2.75) is 36.7 Å². The van der Waals surface area contributed by atoms with E-state index in [9.17, 15) is 28.3 Å². The lowest BCUT2D eigenvalue weighted by Gasteiger charge is -2.47. The number of carbonyl (C=O) groups is 3. The Labute approximate surface area is 196 Å². The number of aliphatic carboxylic acids is 1. The van der Waals surface area contributed by atoms with E-state index >= 15 is 0 Å². The van der Waals surface area contributed by atoms with Crippen molar-refractivity contribution in [3.63, 3.8) is 0 Å². The molecule has 1 fully saturated rings. The van der Waals surface area contributed by atoms with Gasteiger partial charge in [-0.2, -0.15) is 8.78 Å². The van der Waals surface area contributed by atoms with Gasteiger partial charge in [0.1, 0.15) is 12.7 Å². The Kier molecular flexibility index (Phi) is 6.23. The number of alkyl halides is 2. The molecule has 2 aromatic rings. The quantitative estimate of drug-likeness (QED) is 0.451. The van der Waals surface area contributed by atoms with Crippen molar-refractivity contribution in [2.75, 3.05) is 0 Å². The van der Waals surface area contributed by atoms with Crippen molar-refractivity contribution < 1.29 is 32.8 Å². The Bertz CT molecular complexity index is 1150. The zero-order valence-corrected chi connectivity index (χ0v) is 19.5. The lowest BCUT2D eigenvalue weighted by molar-refractivity contribution is -0.671. The maximum Gasteiger partial charge on any atom is 0.353 e. The van der Waals surface area contributed by atoms with E-state index in [0.717, 1.165) is 11.3 Å². The third-order valence-corrected chi connectivity index (χ3v) is 8.08. The summed E-state index contributed by atoms with van der Waals surface area (Å²) in [5.41, 5.74) is 1.56. The maximum atomic E-state index is 12.8. The van der Waals surface area contributed by atoms with Crippen LogP contribution in [0.15, 0.2) is 44.8 Å². The smallest absolute Gasteiger partial charge is 0.353 e. The first kappa shape index (κ1) is 23.3. The molecule has 8 nitrogen and oxygen atoms in total. The third kappa shape index (κ3) is 4.12. The molecule has 2 aromatic heterocycles. The van der Waals surface area contributed by atoms with E-state index in [-0.39, 0.29) is 11.6 Å². The van der Waals surface area contributed by atoms with Crippen molar-refractivity contribution in [3.05, 3.63) is 40.5 Å². The number of nitrogens with one attached hydrogen (secondary N) is 1. The van der Waals surface area contributed by atoms with Crippen molar-refractivity contribution in [3.8, 4) is 11.3 Å². The van der Waals surface area contributed by atoms with Gasteiger partial charge in [-0.1, -0.05) is 18.7 Å². The van der Waals surface area contributed by atoms with E-state index in [0.29, 0.717) is 9.24 Å². The second-order valence-corrected chi connectivity index (χ2v) is 10.1. The molecule has 0 bridgehead atoms. The number of aryl methyl sites for hydroxylation is 1. The van der Waals surface area contributed by atoms with Crippen LogP contribution in [0.3, 0.4) is 0 Å². The highest BCUT2D eigenvalue weighted by molar-refractivity contribution is 8.04. The van der Waals surface area contributed by atoms with Gasteiger partial charge in [-0.25, -0.2) is 14.3 Å². The van der Waals surface area contributed by atoms with Crippen LogP contribution >= 0.6 is 23.1 Å². The van der Waals surface area contributed by atoms with Crippen molar-refractivity contribution >= 4 is 40.9 Å². The maximum absolute atomic E-state index is 12.8. The van der Waals surface area contributed by atoms with Crippen LogP contribution in [0.5, 0.6) is 0 Å². The third-order valence-electron chi connectivity index (χ3n) is 5.85. The number of carbonyl (C=O) groups excluding carboxylic acids is 2. The van der Waals surface area contributed by atoms with E-state index in [1.165, 1.54) is 34.9 Å². The van der Waals surface area contributed by atoms with Gasteiger partial charge < -0.3 is 15.3 Å². The molecule has 1 saturated heterocycles. The van der Waals surface area contributed by atoms with Crippen molar-refractivity contribution in [1.82, 2.24) is 15.2 Å². The predicted molar refractivity (Wildman–Crippen MR) is 116 cm³/mol. The average molecular weight is 496 g/mol. The number of aromatic nitrogens is 2. The van der Waals surface area contributed by atoms with Crippen LogP contribution in [0.4, 0.5) is 8.78 Å². The Balaban J connectivity index is 1.57. The molecule has 2 amide bonds. The minimum absolute atomic E-state index is 0.116. The van der Waals surface area contributed by atoms with Crippen LogP contribution in [0.25, 0.3) is 11.3 Å². The van der Waals surface area contributed by atoms with E-state index in [1.54, 1.807) is 6.92 Å². The highest BCUT2D eigenvalue weighted by Gasteiger charge is 2.60. The highest BCUT2D eigenvalue weighted by Crippen LogP contribution is 2.52. The van der Waals surface area contributed by atoms with Crippen LogP contribution in [0.2, 0.25) is 0 Å². The van der Waals surface area contributed by atoms with Crippen molar-refractivity contribution in [2.24, 2.45) is 18.9 Å². The molecule has 12 heteroatoms. The average Bonchev–Trinajstić information content (AvgIpc) is 3.31. The summed E-state index contributed by atoms with van der Waals surface area (Å²) in [6, 6.07) is 2.46. The lowest BCUT2D eigenvalue weighted by atomic mass is 9.78. The van der Waals surface area contributed by atoms with Crippen LogP contribution in [-0.4, -0.2) is 51.3 Å². The molecular weight excluding hydrogens is 474 g/mol. The largest absolute Gasteiger partial charge is 0.477 e. The molecule has 2 aliphatic rings. The Morgan fingerprint density at radius 2 is 2.00 bits per heavy atom. The number of β-lactam (4-membered cyclic amide) rings is 1. The van der Waals surface area contributed by atoms with E-state index in [1.807, 2.05) is 41.5 Å². The number of carboxylic acid groups (broad SMARTS) is 1. The number of thioether (sulfide) groups is 1. The van der Waals surface area contributed by atoms with Gasteiger partial charge in [0.2, 0.25) is 5.91 Å². The van der Waals surface area contributed by atoms with E-state index in [4.69, 9.17) is 0 Å². The van der Waals surface area contributed by atoms with E-state index < -0.39 is 42.2 Å². The molecule has 1 unspecified atom stereocenters. The zero-order chi connectivity index (χ0) is 24.0. The number of fused-ring (bicyclic) bond motifs is 1. The number of hydrogen-bond acceptors (Lipinski definition) is 6. The molecular formula is C21H21F2N4O4S2+. The molecule has 4 atom stereocenters. The van der Waals surface area contributed by atoms with Gasteiger partial charge in [0.25, 0.3) is 5.91 Å². The van der Waals surface area contributed by atoms with Crippen LogP contribution < -0.4 is 9.88 Å². The minimum atomic E-state index is -3.19. The molecule has 4 heterocycles. The molecule has 33 heavy (non-hydrogen) atoms. The number of rotatable bonds is 7. The standard InChI is InChI=1S/C21H20F2N4O4S2/c1-9-14-13(10(2)24-18(28)17(22)23)19(29)27(14)15(20(30)31)16(9)33-21-25-12(8-32-21)11-4-6-26(3)7-5-11/h4-10,13-14,17H,1-3H3,(H-,24,28,30,31)/p+1/t9-,10?,13-,14-/m1/s1. The van der Waals surface area contributed by atoms with Gasteiger partial charge in [-0.05, 0) is 6.92 Å².